The molecule has 1 aliphatic carbocycles. The lowest BCUT2D eigenvalue weighted by Crippen LogP contribution is -2.42. The van der Waals surface area contributed by atoms with E-state index in [-0.39, 0.29) is 0 Å². The van der Waals surface area contributed by atoms with Crippen molar-refractivity contribution < 1.29 is 19.1 Å². The van der Waals surface area contributed by atoms with Crippen molar-refractivity contribution >= 4 is 34.5 Å². The summed E-state index contributed by atoms with van der Waals surface area (Å²) in [5.74, 6) is -1.01. The van der Waals surface area contributed by atoms with Crippen LogP contribution in [0, 0.1) is 5.41 Å². The van der Waals surface area contributed by atoms with Crippen LogP contribution in [0.1, 0.15) is 32.1 Å². The monoisotopic (exact) mass is 352 g/mol. The number of carbonyl (C=O) groups is 2. The molecule has 0 saturated heterocycles. The molecule has 0 N–H and O–H groups in total. The Morgan fingerprint density at radius 3 is 2.24 bits per heavy atom. The van der Waals surface area contributed by atoms with Gasteiger partial charge in [-0.05, 0) is 28.9 Å². The number of hydrogen-bond donors (Lipinski definition) is 0. The zero-order valence-corrected chi connectivity index (χ0v) is 12.3. The third kappa shape index (κ3) is 2.64. The number of rotatable bonds is 2. The molecule has 0 unspecified atom stereocenters. The Hall–Kier alpha value is -0.590. The summed E-state index contributed by atoms with van der Waals surface area (Å²) in [4.78, 5) is 24.1. The molecule has 0 heterocycles. The van der Waals surface area contributed by atoms with Crippen LogP contribution in [-0.4, -0.2) is 26.2 Å². The van der Waals surface area contributed by atoms with Gasteiger partial charge in [-0.15, -0.1) is 0 Å². The van der Waals surface area contributed by atoms with Crippen molar-refractivity contribution in [2.24, 2.45) is 5.41 Å². The number of carbonyl (C=O) groups excluding carboxylic acids is 2. The van der Waals surface area contributed by atoms with Crippen LogP contribution >= 0.6 is 22.6 Å². The highest BCUT2D eigenvalue weighted by molar-refractivity contribution is 14.1. The fourth-order valence-electron chi connectivity index (χ4n) is 2.30. The van der Waals surface area contributed by atoms with Crippen molar-refractivity contribution in [1.82, 2.24) is 0 Å². The third-order valence-electron chi connectivity index (χ3n) is 3.25. The first-order valence-corrected chi connectivity index (χ1v) is 6.84. The van der Waals surface area contributed by atoms with Crippen molar-refractivity contribution in [1.29, 1.82) is 0 Å². The van der Waals surface area contributed by atoms with Crippen LogP contribution in [-0.2, 0) is 19.1 Å². The lowest BCUT2D eigenvalue weighted by atomic mass is 9.77. The highest BCUT2D eigenvalue weighted by atomic mass is 127. The summed E-state index contributed by atoms with van der Waals surface area (Å²) in [6.45, 7) is 0. The van der Waals surface area contributed by atoms with Gasteiger partial charge in [-0.3, -0.25) is 9.59 Å². The van der Waals surface area contributed by atoms with E-state index in [1.165, 1.54) is 14.2 Å². The quantitative estimate of drug-likeness (QED) is 0.332. The molecule has 1 saturated carbocycles. The van der Waals surface area contributed by atoms with E-state index in [9.17, 15) is 9.59 Å². The molecule has 0 aromatic heterocycles. The maximum absolute atomic E-state index is 12.0. The molecule has 96 valence electrons. The van der Waals surface area contributed by atoms with Gasteiger partial charge in [0.15, 0.2) is 5.41 Å². The zero-order valence-electron chi connectivity index (χ0n) is 10.1. The van der Waals surface area contributed by atoms with E-state index in [2.05, 4.69) is 22.6 Å². The van der Waals surface area contributed by atoms with Crippen LogP contribution in [0.15, 0.2) is 9.66 Å². The van der Waals surface area contributed by atoms with Crippen LogP contribution in [0.25, 0.3) is 0 Å². The van der Waals surface area contributed by atoms with Crippen LogP contribution in [0.3, 0.4) is 0 Å². The molecule has 0 aromatic rings. The highest BCUT2D eigenvalue weighted by Gasteiger charge is 2.51. The van der Waals surface area contributed by atoms with Crippen molar-refractivity contribution in [3.05, 3.63) is 9.66 Å². The average Bonchev–Trinajstić information content (AvgIpc) is 2.59. The molecule has 0 bridgehead atoms. The third-order valence-corrected chi connectivity index (χ3v) is 4.00. The first-order valence-electron chi connectivity index (χ1n) is 5.60. The van der Waals surface area contributed by atoms with Crippen LogP contribution in [0.4, 0.5) is 0 Å². The zero-order chi connectivity index (χ0) is 12.9. The summed E-state index contributed by atoms with van der Waals surface area (Å²) >= 11 is 2.07. The van der Waals surface area contributed by atoms with Gasteiger partial charge in [0.05, 0.1) is 14.2 Å². The van der Waals surface area contributed by atoms with Gasteiger partial charge in [-0.2, -0.15) is 0 Å². The minimum Gasteiger partial charge on any atom is -0.468 e. The fraction of sp³-hybridized carbons (Fsp3) is 0.667. The summed E-state index contributed by atoms with van der Waals surface area (Å²) in [6.07, 6.45) is 4.06. The molecule has 5 heteroatoms. The highest BCUT2D eigenvalue weighted by Crippen LogP contribution is 2.42. The number of esters is 2. The van der Waals surface area contributed by atoms with E-state index in [0.717, 1.165) is 31.3 Å². The Kier molecular flexibility index (Phi) is 5.42. The average molecular weight is 352 g/mol. The Morgan fingerprint density at radius 1 is 1.18 bits per heavy atom. The number of ether oxygens (including phenoxy) is 2. The maximum Gasteiger partial charge on any atom is 0.327 e. The van der Waals surface area contributed by atoms with Gasteiger partial charge in [0.25, 0.3) is 0 Å². The molecule has 0 spiro atoms. The molecule has 1 fully saturated rings. The summed E-state index contributed by atoms with van der Waals surface area (Å²) in [7, 11) is 2.62. The van der Waals surface area contributed by atoms with Gasteiger partial charge in [0.2, 0.25) is 0 Å². The molecular weight excluding hydrogens is 335 g/mol. The van der Waals surface area contributed by atoms with E-state index < -0.39 is 17.4 Å². The van der Waals surface area contributed by atoms with E-state index in [0.29, 0.717) is 6.42 Å². The first-order chi connectivity index (χ1) is 8.13. The Bertz CT molecular complexity index is 319. The Labute approximate surface area is 115 Å². The second-order valence-electron chi connectivity index (χ2n) is 4.08. The van der Waals surface area contributed by atoms with Gasteiger partial charge in [-0.1, -0.05) is 35.4 Å². The molecule has 0 aromatic carbocycles. The molecule has 0 amide bonds. The van der Waals surface area contributed by atoms with E-state index >= 15 is 0 Å². The second-order valence-corrected chi connectivity index (χ2v) is 4.71. The molecule has 1 rings (SSSR count). The molecule has 17 heavy (non-hydrogen) atoms. The predicted molar refractivity (Wildman–Crippen MR) is 71.7 cm³/mol. The van der Waals surface area contributed by atoms with Crippen molar-refractivity contribution in [2.75, 3.05) is 14.2 Å². The Balaban J connectivity index is 3.25. The molecule has 4 nitrogen and oxygen atoms in total. The standard InChI is InChI=1S/C12H17IO4/c1-16-10(14)12(11(15)17-2)7-5-3-4-6-9(12)8-13/h8H,3-7H2,1-2H3/b9-8+. The van der Waals surface area contributed by atoms with Crippen LogP contribution in [0.5, 0.6) is 0 Å². The summed E-state index contributed by atoms with van der Waals surface area (Å²) in [6, 6.07) is 0. The van der Waals surface area contributed by atoms with Gasteiger partial charge in [0.1, 0.15) is 0 Å². The number of hydrogen-bond acceptors (Lipinski definition) is 4. The SMILES string of the molecule is COC(=O)C1(C(=O)OC)CCCCC/C1=C\I. The van der Waals surface area contributed by atoms with Crippen molar-refractivity contribution in [2.45, 2.75) is 32.1 Å². The first kappa shape index (κ1) is 14.5. The van der Waals surface area contributed by atoms with Crippen LogP contribution < -0.4 is 0 Å². The molecule has 0 radical (unpaired) electrons. The summed E-state index contributed by atoms with van der Waals surface area (Å²) in [5.41, 5.74) is -0.407. The minimum atomic E-state index is -1.22. The lowest BCUT2D eigenvalue weighted by Gasteiger charge is -2.28. The molecule has 0 aliphatic heterocycles. The minimum absolute atomic E-state index is 0.473. The molecule has 1 aliphatic rings. The maximum atomic E-state index is 12.0. The number of methoxy groups -OCH3 is 2. The fourth-order valence-corrected chi connectivity index (χ4v) is 3.15. The summed E-state index contributed by atoms with van der Waals surface area (Å²) < 4.78 is 11.5. The second kappa shape index (κ2) is 6.37. The topological polar surface area (TPSA) is 52.6 Å². The smallest absolute Gasteiger partial charge is 0.327 e. The van der Waals surface area contributed by atoms with Gasteiger partial charge >= 0.3 is 11.9 Å². The van der Waals surface area contributed by atoms with Crippen molar-refractivity contribution in [3.63, 3.8) is 0 Å². The summed E-state index contributed by atoms with van der Waals surface area (Å²) in [5, 5.41) is 0. The lowest BCUT2D eigenvalue weighted by molar-refractivity contribution is -0.166. The van der Waals surface area contributed by atoms with Crippen LogP contribution in [0.2, 0.25) is 0 Å². The van der Waals surface area contributed by atoms with E-state index in [1.807, 2.05) is 4.08 Å². The van der Waals surface area contributed by atoms with E-state index in [4.69, 9.17) is 9.47 Å². The van der Waals surface area contributed by atoms with Crippen molar-refractivity contribution in [3.8, 4) is 0 Å². The van der Waals surface area contributed by atoms with Gasteiger partial charge in [0, 0.05) is 0 Å². The van der Waals surface area contributed by atoms with E-state index in [1.54, 1.807) is 0 Å². The molecule has 0 atom stereocenters. The Morgan fingerprint density at radius 2 is 1.76 bits per heavy atom. The molecular formula is C12H17IO4. The van der Waals surface area contributed by atoms with Gasteiger partial charge < -0.3 is 9.47 Å². The van der Waals surface area contributed by atoms with Gasteiger partial charge in [-0.25, -0.2) is 0 Å². The predicted octanol–water partition coefficient (Wildman–Crippen LogP) is 2.60. The largest absolute Gasteiger partial charge is 0.468 e. The normalized spacial score (nSPS) is 21.7. The number of halogens is 1.